The summed E-state index contributed by atoms with van der Waals surface area (Å²) in [4.78, 5) is 0. The van der Waals surface area contributed by atoms with E-state index in [9.17, 15) is 0 Å². The molecule has 0 bridgehead atoms. The zero-order valence-corrected chi connectivity index (χ0v) is 9.08. The van der Waals surface area contributed by atoms with Gasteiger partial charge in [0.05, 0.1) is 0 Å². The maximum Gasteiger partial charge on any atom is 0.282 e. The smallest absolute Gasteiger partial charge is 0.282 e. The van der Waals surface area contributed by atoms with Gasteiger partial charge in [-0.1, -0.05) is 36.4 Å². The average molecular weight is 228 g/mol. The zero-order chi connectivity index (χ0) is 12.1. The number of phenols is 1. The molecule has 0 fully saturated rings. The largest absolute Gasteiger partial charge is 0.508 e. The number of benzene rings is 2. The van der Waals surface area contributed by atoms with E-state index in [1.54, 1.807) is 30.3 Å². The molecule has 0 amide bonds. The van der Waals surface area contributed by atoms with E-state index in [2.05, 4.69) is 0 Å². The summed E-state index contributed by atoms with van der Waals surface area (Å²) in [7, 11) is 0. The van der Waals surface area contributed by atoms with Crippen LogP contribution < -0.4 is 0 Å². The van der Waals surface area contributed by atoms with Crippen LogP contribution >= 0.6 is 0 Å². The Balaban J connectivity index is 0.000000136. The second-order valence-corrected chi connectivity index (χ2v) is 3.46. The third kappa shape index (κ3) is 3.01. The van der Waals surface area contributed by atoms with Crippen LogP contribution in [-0.2, 0) is 0 Å². The van der Waals surface area contributed by atoms with Gasteiger partial charge in [-0.05, 0) is 18.2 Å². The maximum absolute atomic E-state index is 8.89. The van der Waals surface area contributed by atoms with Gasteiger partial charge in [0.1, 0.15) is 11.3 Å². The molecular formula is C14H12O3. The van der Waals surface area contributed by atoms with Crippen LogP contribution in [0.4, 0.5) is 0 Å². The molecule has 3 nitrogen and oxygen atoms in total. The molecule has 3 rings (SSSR count). The molecule has 0 radical (unpaired) electrons. The van der Waals surface area contributed by atoms with E-state index >= 15 is 0 Å². The minimum atomic E-state index is -0.0267. The van der Waals surface area contributed by atoms with Gasteiger partial charge in [0.2, 0.25) is 0 Å². The van der Waals surface area contributed by atoms with Gasteiger partial charge in [0, 0.05) is 11.5 Å². The Morgan fingerprint density at radius 3 is 2.00 bits per heavy atom. The van der Waals surface area contributed by atoms with Crippen molar-refractivity contribution in [3.63, 3.8) is 0 Å². The standard InChI is InChI=1S/C8H6O2.C6H6O/c9-8-5-6-3-1-2-4-7(6)10-8;7-6-4-2-1-3-5-6/h1-5,9H;1-5,7H. The van der Waals surface area contributed by atoms with Crippen molar-refractivity contribution in [3.8, 4) is 11.7 Å². The van der Waals surface area contributed by atoms with Crippen LogP contribution in [-0.4, -0.2) is 10.2 Å². The van der Waals surface area contributed by atoms with Gasteiger partial charge >= 0.3 is 0 Å². The lowest BCUT2D eigenvalue weighted by atomic mass is 10.3. The Kier molecular flexibility index (Phi) is 3.31. The quantitative estimate of drug-likeness (QED) is 0.618. The molecule has 0 unspecified atom stereocenters. The maximum atomic E-state index is 8.89. The highest BCUT2D eigenvalue weighted by molar-refractivity contribution is 5.78. The molecule has 1 heterocycles. The summed E-state index contributed by atoms with van der Waals surface area (Å²) in [6.45, 7) is 0. The van der Waals surface area contributed by atoms with Crippen molar-refractivity contribution >= 4 is 11.0 Å². The van der Waals surface area contributed by atoms with E-state index in [1.807, 2.05) is 30.3 Å². The minimum absolute atomic E-state index is 0.0267. The first kappa shape index (κ1) is 11.1. The van der Waals surface area contributed by atoms with Crippen LogP contribution in [0.2, 0.25) is 0 Å². The first-order valence-electron chi connectivity index (χ1n) is 5.17. The van der Waals surface area contributed by atoms with E-state index < -0.39 is 0 Å². The van der Waals surface area contributed by atoms with E-state index in [1.165, 1.54) is 0 Å². The topological polar surface area (TPSA) is 53.6 Å². The molecule has 0 atom stereocenters. The molecule has 17 heavy (non-hydrogen) atoms. The number of hydrogen-bond acceptors (Lipinski definition) is 3. The molecule has 0 aliphatic rings. The summed E-state index contributed by atoms with van der Waals surface area (Å²) in [6.07, 6.45) is 0. The summed E-state index contributed by atoms with van der Waals surface area (Å²) >= 11 is 0. The molecule has 3 aromatic rings. The van der Waals surface area contributed by atoms with E-state index in [0.717, 1.165) is 11.0 Å². The minimum Gasteiger partial charge on any atom is -0.508 e. The first-order chi connectivity index (χ1) is 8.25. The Bertz CT molecular complexity index is 551. The molecule has 86 valence electrons. The van der Waals surface area contributed by atoms with Crippen LogP contribution in [0.1, 0.15) is 0 Å². The molecule has 0 aliphatic carbocycles. The van der Waals surface area contributed by atoms with Crippen LogP contribution in [0.15, 0.2) is 65.1 Å². The summed E-state index contributed by atoms with van der Waals surface area (Å²) in [5.74, 6) is 0.295. The van der Waals surface area contributed by atoms with Gasteiger partial charge in [0.15, 0.2) is 0 Å². The molecule has 1 aromatic heterocycles. The summed E-state index contributed by atoms with van der Waals surface area (Å²) in [5, 5.41) is 18.5. The Hall–Kier alpha value is -2.42. The number of furan rings is 1. The normalized spacial score (nSPS) is 9.65. The second-order valence-electron chi connectivity index (χ2n) is 3.46. The van der Waals surface area contributed by atoms with Gasteiger partial charge in [-0.2, -0.15) is 0 Å². The Labute approximate surface area is 98.6 Å². The van der Waals surface area contributed by atoms with Gasteiger partial charge < -0.3 is 14.6 Å². The van der Waals surface area contributed by atoms with Crippen molar-refractivity contribution in [2.24, 2.45) is 0 Å². The number of aromatic hydroxyl groups is 2. The molecular weight excluding hydrogens is 216 g/mol. The summed E-state index contributed by atoms with van der Waals surface area (Å²) in [5.41, 5.74) is 0.722. The lowest BCUT2D eigenvalue weighted by Gasteiger charge is -1.82. The van der Waals surface area contributed by atoms with Gasteiger partial charge in [0.25, 0.3) is 5.95 Å². The highest BCUT2D eigenvalue weighted by Crippen LogP contribution is 2.22. The highest BCUT2D eigenvalue weighted by atomic mass is 16.5. The zero-order valence-electron chi connectivity index (χ0n) is 9.08. The monoisotopic (exact) mass is 228 g/mol. The van der Waals surface area contributed by atoms with Gasteiger partial charge in [-0.15, -0.1) is 0 Å². The van der Waals surface area contributed by atoms with Gasteiger partial charge in [-0.3, -0.25) is 0 Å². The van der Waals surface area contributed by atoms with Crippen LogP contribution in [0.25, 0.3) is 11.0 Å². The summed E-state index contributed by atoms with van der Waals surface area (Å²) < 4.78 is 4.92. The number of fused-ring (bicyclic) bond motifs is 1. The van der Waals surface area contributed by atoms with Crippen molar-refractivity contribution in [2.75, 3.05) is 0 Å². The van der Waals surface area contributed by atoms with Crippen molar-refractivity contribution < 1.29 is 14.6 Å². The number of rotatable bonds is 0. The van der Waals surface area contributed by atoms with E-state index in [-0.39, 0.29) is 5.95 Å². The molecule has 3 heteroatoms. The molecule has 0 aliphatic heterocycles. The van der Waals surface area contributed by atoms with Crippen molar-refractivity contribution in [3.05, 3.63) is 60.7 Å². The molecule has 0 saturated carbocycles. The number of para-hydroxylation sites is 2. The predicted octanol–water partition coefficient (Wildman–Crippen LogP) is 3.53. The van der Waals surface area contributed by atoms with Crippen molar-refractivity contribution in [1.29, 1.82) is 0 Å². The fraction of sp³-hybridized carbons (Fsp3) is 0. The average Bonchev–Trinajstić information content (AvgIpc) is 2.71. The van der Waals surface area contributed by atoms with E-state index in [4.69, 9.17) is 14.6 Å². The van der Waals surface area contributed by atoms with E-state index in [0.29, 0.717) is 5.75 Å². The lowest BCUT2D eigenvalue weighted by Crippen LogP contribution is -1.57. The third-order valence-corrected chi connectivity index (χ3v) is 2.17. The molecule has 0 spiro atoms. The third-order valence-electron chi connectivity index (χ3n) is 2.17. The molecule has 0 saturated heterocycles. The van der Waals surface area contributed by atoms with Crippen molar-refractivity contribution in [2.45, 2.75) is 0 Å². The number of hydrogen-bond donors (Lipinski definition) is 2. The molecule has 2 aromatic carbocycles. The molecule has 2 N–H and O–H groups in total. The lowest BCUT2D eigenvalue weighted by molar-refractivity contribution is 0.346. The van der Waals surface area contributed by atoms with Gasteiger partial charge in [-0.25, -0.2) is 0 Å². The van der Waals surface area contributed by atoms with Crippen LogP contribution in [0, 0.1) is 0 Å². The first-order valence-corrected chi connectivity index (χ1v) is 5.17. The van der Waals surface area contributed by atoms with Crippen LogP contribution in [0.5, 0.6) is 11.7 Å². The fourth-order valence-electron chi connectivity index (χ4n) is 1.40. The summed E-state index contributed by atoms with van der Waals surface area (Å²) in [6, 6.07) is 17.8. The Morgan fingerprint density at radius 2 is 1.41 bits per heavy atom. The SMILES string of the molecule is Oc1cc2ccccc2o1.Oc1ccccc1. The second kappa shape index (κ2) is 5.07. The Morgan fingerprint density at radius 1 is 0.765 bits per heavy atom. The van der Waals surface area contributed by atoms with Crippen LogP contribution in [0.3, 0.4) is 0 Å². The highest BCUT2D eigenvalue weighted by Gasteiger charge is 1.97. The fourth-order valence-corrected chi connectivity index (χ4v) is 1.40. The number of phenolic OH excluding ortho intramolecular Hbond substituents is 1. The van der Waals surface area contributed by atoms with Crippen molar-refractivity contribution in [1.82, 2.24) is 0 Å². The predicted molar refractivity (Wildman–Crippen MR) is 66.0 cm³/mol.